The summed E-state index contributed by atoms with van der Waals surface area (Å²) in [5, 5.41) is 28.9. The number of rotatable bonds is 19. The van der Waals surface area contributed by atoms with Crippen LogP contribution in [-0.2, 0) is 31.1 Å². The number of piperidine rings is 1. The smallest absolute Gasteiger partial charge is 0.330 e. The quantitative estimate of drug-likeness (QED) is 0.0475. The van der Waals surface area contributed by atoms with E-state index in [1.54, 1.807) is 20.0 Å². The molecule has 7 rings (SSSR count). The van der Waals surface area contributed by atoms with Crippen molar-refractivity contribution in [2.45, 2.75) is 158 Å². The largest absolute Gasteiger partial charge is 0.504 e. The zero-order valence-electron chi connectivity index (χ0n) is 36.4. The minimum absolute atomic E-state index is 0.0827. The summed E-state index contributed by atoms with van der Waals surface area (Å²) in [5.74, 6) is -0.289. The highest BCUT2D eigenvalue weighted by atomic mass is 32.2. The second kappa shape index (κ2) is 18.9. The highest BCUT2D eigenvalue weighted by Gasteiger charge is 2.70. The van der Waals surface area contributed by atoms with Gasteiger partial charge in [-0.1, -0.05) is 84.0 Å². The molecule has 0 saturated carbocycles. The van der Waals surface area contributed by atoms with Crippen LogP contribution in [0.1, 0.15) is 150 Å². The summed E-state index contributed by atoms with van der Waals surface area (Å²) in [7, 11) is 3.22. The van der Waals surface area contributed by atoms with Crippen molar-refractivity contribution in [2.75, 3.05) is 39.0 Å². The first-order chi connectivity index (χ1) is 29.5. The lowest BCUT2D eigenvalue weighted by atomic mass is 9.71. The van der Waals surface area contributed by atoms with Crippen molar-refractivity contribution in [3.63, 3.8) is 0 Å². The summed E-state index contributed by atoms with van der Waals surface area (Å²) in [6.45, 7) is 5.48. The van der Waals surface area contributed by atoms with Gasteiger partial charge in [-0.2, -0.15) is 5.26 Å². The number of thioether (sulfide) groups is 1. The number of phenolic OH excluding ortho intramolecular Hbond substituents is 1. The first kappa shape index (κ1) is 44.7. The molecule has 1 fully saturated rings. The fourth-order valence-corrected chi connectivity index (χ4v) is 12.3. The number of carbonyl (C=O) groups excluding carboxylic acids is 3. The summed E-state index contributed by atoms with van der Waals surface area (Å²) in [5.41, 5.74) is 6.75. The number of likely N-dealkylation sites (N-methyl/N-ethyl adjacent to an activating group) is 1. The molecule has 1 amide bonds. The van der Waals surface area contributed by atoms with Gasteiger partial charge < -0.3 is 45.2 Å². The van der Waals surface area contributed by atoms with Crippen molar-refractivity contribution in [2.24, 2.45) is 0 Å². The molecule has 14 nitrogen and oxygen atoms in total. The summed E-state index contributed by atoms with van der Waals surface area (Å²) in [6.07, 6.45) is 16.3. The Hall–Kier alpha value is -4.39. The number of anilines is 1. The Balaban J connectivity index is 1.19. The first-order valence-electron chi connectivity index (χ1n) is 22.3. The van der Waals surface area contributed by atoms with E-state index in [0.29, 0.717) is 45.7 Å². The van der Waals surface area contributed by atoms with Crippen molar-refractivity contribution in [3.8, 4) is 34.8 Å². The molecular weight excluding hydrogens is 799 g/mol. The van der Waals surface area contributed by atoms with Crippen LogP contribution in [0.2, 0.25) is 0 Å². The van der Waals surface area contributed by atoms with Gasteiger partial charge in [0.05, 0.1) is 30.2 Å². The lowest BCUT2D eigenvalue weighted by molar-refractivity contribution is -0.174. The maximum absolute atomic E-state index is 14.6. The van der Waals surface area contributed by atoms with Gasteiger partial charge in [-0.25, -0.2) is 4.79 Å². The van der Waals surface area contributed by atoms with Crippen LogP contribution in [0.5, 0.6) is 28.7 Å². The molecule has 5 aliphatic rings. The van der Waals surface area contributed by atoms with Gasteiger partial charge >= 0.3 is 11.9 Å². The number of nitrogens with two attached hydrogens (primary N) is 1. The van der Waals surface area contributed by atoms with Gasteiger partial charge in [0.2, 0.25) is 12.7 Å². The molecule has 2 aromatic rings. The number of unbranched alkanes of at least 4 members (excludes halogenated alkanes) is 12. The maximum atomic E-state index is 14.6. The topological polar surface area (TPSA) is 195 Å². The summed E-state index contributed by atoms with van der Waals surface area (Å²) < 4.78 is 30.7. The number of nitrogens with one attached hydrogen (secondary N) is 2. The maximum Gasteiger partial charge on any atom is 0.330 e. The molecule has 4 heterocycles. The van der Waals surface area contributed by atoms with Crippen LogP contribution in [0.4, 0.5) is 5.69 Å². The van der Waals surface area contributed by atoms with Crippen LogP contribution in [0.3, 0.4) is 0 Å². The highest BCUT2D eigenvalue weighted by molar-refractivity contribution is 8.00. The van der Waals surface area contributed by atoms with Crippen LogP contribution in [0, 0.1) is 18.3 Å². The fraction of sp³-hybridized carbons (Fsp3) is 0.652. The summed E-state index contributed by atoms with van der Waals surface area (Å²) >= 11 is 1.43. The number of benzene rings is 2. The molecule has 61 heavy (non-hydrogen) atoms. The van der Waals surface area contributed by atoms with Crippen LogP contribution >= 0.6 is 11.8 Å². The van der Waals surface area contributed by atoms with E-state index in [1.165, 1.54) is 83.6 Å². The SMILES string of the molecule is CCCCCCCCCCCCCCCC(=O)NC1CS[C@H]2C3c4c(cc(N)c(OC)c4O)C[C@](C#N)(CNC)N3[C@H]3CC2(OC1=O)c1c(OC(C)=O)c(C)c2c(c13)OCO2. The third kappa shape index (κ3) is 8.20. The number of nitriles is 1. The Bertz CT molecular complexity index is 2040. The number of fused-ring (bicyclic) bond motifs is 6. The average Bonchev–Trinajstić information content (AvgIpc) is 3.78. The van der Waals surface area contributed by atoms with Crippen LogP contribution in [0.15, 0.2) is 6.07 Å². The van der Waals surface area contributed by atoms with E-state index in [0.717, 1.165) is 25.7 Å². The Morgan fingerprint density at radius 1 is 1.03 bits per heavy atom. The molecule has 0 radical (unpaired) electrons. The van der Waals surface area contributed by atoms with E-state index in [4.69, 9.17) is 29.4 Å². The molecule has 332 valence electrons. The predicted octanol–water partition coefficient (Wildman–Crippen LogP) is 7.31. The molecule has 15 heteroatoms. The van der Waals surface area contributed by atoms with E-state index in [-0.39, 0.29) is 60.8 Å². The number of amides is 1. The van der Waals surface area contributed by atoms with E-state index in [1.807, 2.05) is 0 Å². The number of hydrogen-bond acceptors (Lipinski definition) is 14. The molecule has 2 bridgehead atoms. The van der Waals surface area contributed by atoms with Crippen molar-refractivity contribution in [1.29, 1.82) is 5.26 Å². The standard InChI is InChI=1S/C46H63N5O9S/c1-6-7-8-9-10-11-12-13-14-15-16-17-18-19-33(53)50-31-23-61-43-37-34-29(20-30(48)41(56-5)38(34)54)21-45(24-47,25-49-4)51(37)32-22-46(43,60-44(31)55)36-35(32)42-40(57-26-58-42)27(2)39(36)59-28(3)52/h20,31-32,37,43,49,54H,6-19,21-23,25-26,48H2,1-5H3,(H,50,53)/t31?,32-,37?,43-,45-,46?/m0/s1. The summed E-state index contributed by atoms with van der Waals surface area (Å²) in [6, 6.07) is 2.01. The van der Waals surface area contributed by atoms with Crippen molar-refractivity contribution >= 4 is 35.3 Å². The second-order valence-corrected chi connectivity index (χ2v) is 18.6. The number of carbonyl (C=O) groups is 3. The van der Waals surface area contributed by atoms with Crippen LogP contribution < -0.4 is 35.3 Å². The lowest BCUT2D eigenvalue weighted by Gasteiger charge is -2.57. The van der Waals surface area contributed by atoms with E-state index < -0.39 is 46.5 Å². The van der Waals surface area contributed by atoms with E-state index >= 15 is 0 Å². The van der Waals surface area contributed by atoms with Gasteiger partial charge in [0.15, 0.2) is 28.6 Å². The number of phenols is 1. The normalized spacial score (nSPS) is 25.6. The zero-order chi connectivity index (χ0) is 43.5. The first-order valence-corrected chi connectivity index (χ1v) is 23.3. The monoisotopic (exact) mass is 861 g/mol. The van der Waals surface area contributed by atoms with E-state index in [2.05, 4.69) is 28.5 Å². The molecule has 1 aliphatic carbocycles. The molecule has 6 atom stereocenters. The third-order valence-electron chi connectivity index (χ3n) is 13.3. The Morgan fingerprint density at radius 3 is 2.31 bits per heavy atom. The number of aromatic hydroxyl groups is 1. The molecule has 3 unspecified atom stereocenters. The number of hydrogen-bond donors (Lipinski definition) is 4. The number of methoxy groups -OCH3 is 1. The molecular formula is C46H63N5O9S. The van der Waals surface area contributed by atoms with Crippen molar-refractivity contribution < 1.29 is 43.2 Å². The highest BCUT2D eigenvalue weighted by Crippen LogP contribution is 2.71. The summed E-state index contributed by atoms with van der Waals surface area (Å²) in [4.78, 5) is 43.1. The molecule has 4 aliphatic heterocycles. The third-order valence-corrected chi connectivity index (χ3v) is 14.9. The van der Waals surface area contributed by atoms with Gasteiger partial charge in [-0.3, -0.25) is 14.5 Å². The minimum atomic E-state index is -1.47. The predicted molar refractivity (Wildman–Crippen MR) is 232 cm³/mol. The van der Waals surface area contributed by atoms with Gasteiger partial charge in [-0.15, -0.1) is 11.8 Å². The van der Waals surface area contributed by atoms with E-state index in [9.17, 15) is 24.8 Å². The Kier molecular flexibility index (Phi) is 13.9. The van der Waals surface area contributed by atoms with Crippen molar-refractivity contribution in [1.82, 2.24) is 15.5 Å². The number of esters is 2. The number of nitrogen functional groups attached to an aromatic ring is 1. The fourth-order valence-electron chi connectivity index (χ4n) is 10.7. The van der Waals surface area contributed by atoms with Crippen LogP contribution in [-0.4, -0.2) is 77.9 Å². The second-order valence-electron chi connectivity index (χ2n) is 17.4. The molecule has 1 saturated heterocycles. The Morgan fingerprint density at radius 2 is 1.69 bits per heavy atom. The van der Waals surface area contributed by atoms with Gasteiger partial charge in [0, 0.05) is 66.8 Å². The van der Waals surface area contributed by atoms with Gasteiger partial charge in [-0.05, 0) is 32.0 Å². The van der Waals surface area contributed by atoms with Crippen molar-refractivity contribution in [3.05, 3.63) is 33.9 Å². The Labute approximate surface area is 363 Å². The zero-order valence-corrected chi connectivity index (χ0v) is 37.2. The molecule has 5 N–H and O–H groups in total. The number of ether oxygens (including phenoxy) is 5. The van der Waals surface area contributed by atoms with Crippen LogP contribution in [0.25, 0.3) is 0 Å². The lowest BCUT2D eigenvalue weighted by Crippen LogP contribution is -2.65. The average molecular weight is 862 g/mol. The number of nitrogens with zero attached hydrogens (tertiary/aromatic N) is 2. The van der Waals surface area contributed by atoms with Gasteiger partial charge in [0.1, 0.15) is 17.3 Å². The molecule has 1 spiro atoms. The molecule has 0 aromatic heterocycles. The minimum Gasteiger partial charge on any atom is -0.504 e. The van der Waals surface area contributed by atoms with Gasteiger partial charge in [0.25, 0.3) is 0 Å². The molecule has 2 aromatic carbocycles.